The highest BCUT2D eigenvalue weighted by Crippen LogP contribution is 2.18. The van der Waals surface area contributed by atoms with Crippen molar-refractivity contribution in [3.8, 4) is 0 Å². The van der Waals surface area contributed by atoms with Gasteiger partial charge < -0.3 is 10.1 Å². The third kappa shape index (κ3) is 1.92. The van der Waals surface area contributed by atoms with Gasteiger partial charge in [-0.1, -0.05) is 0 Å². The van der Waals surface area contributed by atoms with E-state index in [1.807, 2.05) is 17.8 Å². The molecule has 1 fully saturated rings. The fourth-order valence-corrected chi connectivity index (χ4v) is 2.00. The first-order valence-electron chi connectivity index (χ1n) is 4.28. The maximum atomic E-state index is 5.38. The molecule has 13 heavy (non-hydrogen) atoms. The summed E-state index contributed by atoms with van der Waals surface area (Å²) in [5, 5.41) is 7.61. The minimum absolute atomic E-state index is 0.276. The number of ether oxygens (including phenoxy) is 1. The van der Waals surface area contributed by atoms with E-state index in [1.54, 1.807) is 0 Å². The summed E-state index contributed by atoms with van der Waals surface area (Å²) in [6.45, 7) is 2.44. The first-order valence-corrected chi connectivity index (χ1v) is 5.07. The smallest absolute Gasteiger partial charge is 0.128 e. The molecule has 72 valence electrons. The highest BCUT2D eigenvalue weighted by atomic mass is 79.9. The molecule has 0 spiro atoms. The lowest BCUT2D eigenvalue weighted by molar-refractivity contribution is 0.0744. The largest absolute Gasteiger partial charge is 0.378 e. The number of aryl methyl sites for hydroxylation is 1. The molecule has 1 aliphatic rings. The molecule has 4 nitrogen and oxygen atoms in total. The van der Waals surface area contributed by atoms with Crippen molar-refractivity contribution >= 4 is 15.9 Å². The predicted molar refractivity (Wildman–Crippen MR) is 52.5 cm³/mol. The van der Waals surface area contributed by atoms with Crippen molar-refractivity contribution in [2.45, 2.75) is 6.04 Å². The van der Waals surface area contributed by atoms with Gasteiger partial charge >= 0.3 is 0 Å². The number of halogens is 1. The zero-order valence-corrected chi connectivity index (χ0v) is 9.04. The zero-order valence-electron chi connectivity index (χ0n) is 7.46. The van der Waals surface area contributed by atoms with Crippen LogP contribution in [-0.4, -0.2) is 29.5 Å². The van der Waals surface area contributed by atoms with Crippen LogP contribution in [0.3, 0.4) is 0 Å². The Hall–Kier alpha value is -0.390. The zero-order chi connectivity index (χ0) is 9.26. The summed E-state index contributed by atoms with van der Waals surface area (Å²) in [5.74, 6) is 0. The standard InChI is InChI=1S/C8H12BrN3O/c1-12-7(4-8(9)11-12)6-5-13-3-2-10-6/h4,6,10H,2-3,5H2,1H3. The van der Waals surface area contributed by atoms with Crippen molar-refractivity contribution in [2.24, 2.45) is 7.05 Å². The molecule has 1 aliphatic heterocycles. The third-order valence-electron chi connectivity index (χ3n) is 2.16. The molecule has 1 atom stereocenters. The summed E-state index contributed by atoms with van der Waals surface area (Å²) in [6.07, 6.45) is 0. The maximum absolute atomic E-state index is 5.38. The Balaban J connectivity index is 2.18. The van der Waals surface area contributed by atoms with Gasteiger partial charge in [0.2, 0.25) is 0 Å². The van der Waals surface area contributed by atoms with Crippen molar-refractivity contribution in [3.05, 3.63) is 16.4 Å². The van der Waals surface area contributed by atoms with Crippen LogP contribution in [-0.2, 0) is 11.8 Å². The van der Waals surface area contributed by atoms with Crippen molar-refractivity contribution in [1.29, 1.82) is 0 Å². The van der Waals surface area contributed by atoms with E-state index < -0.39 is 0 Å². The molecule has 0 amide bonds. The van der Waals surface area contributed by atoms with Gasteiger partial charge in [-0.15, -0.1) is 0 Å². The Kier molecular flexibility index (Phi) is 2.66. The lowest BCUT2D eigenvalue weighted by Gasteiger charge is -2.23. The molecule has 2 heterocycles. The fraction of sp³-hybridized carbons (Fsp3) is 0.625. The van der Waals surface area contributed by atoms with Gasteiger partial charge in [0.05, 0.1) is 24.9 Å². The Labute approximate surface area is 85.4 Å². The average Bonchev–Trinajstić information content (AvgIpc) is 2.47. The quantitative estimate of drug-likeness (QED) is 0.798. The second-order valence-electron chi connectivity index (χ2n) is 3.10. The van der Waals surface area contributed by atoms with Crippen LogP contribution in [0.5, 0.6) is 0 Å². The van der Waals surface area contributed by atoms with Crippen LogP contribution in [0.2, 0.25) is 0 Å². The number of rotatable bonds is 1. The number of hydrogen-bond acceptors (Lipinski definition) is 3. The molecule has 0 saturated carbocycles. The second kappa shape index (κ2) is 3.77. The van der Waals surface area contributed by atoms with Gasteiger partial charge in [0, 0.05) is 13.6 Å². The van der Waals surface area contributed by atoms with E-state index in [0.29, 0.717) is 0 Å². The summed E-state index contributed by atoms with van der Waals surface area (Å²) in [7, 11) is 1.94. The first-order chi connectivity index (χ1) is 6.27. The molecule has 0 aromatic carbocycles. The van der Waals surface area contributed by atoms with Crippen LogP contribution in [0.1, 0.15) is 11.7 Å². The van der Waals surface area contributed by atoms with Crippen molar-refractivity contribution in [3.63, 3.8) is 0 Å². The second-order valence-corrected chi connectivity index (χ2v) is 3.91. The van der Waals surface area contributed by atoms with E-state index in [4.69, 9.17) is 4.74 Å². The van der Waals surface area contributed by atoms with E-state index in [0.717, 1.165) is 30.1 Å². The molecule has 2 rings (SSSR count). The number of nitrogens with zero attached hydrogens (tertiary/aromatic N) is 2. The van der Waals surface area contributed by atoms with E-state index in [9.17, 15) is 0 Å². The molecule has 0 bridgehead atoms. The summed E-state index contributed by atoms with van der Waals surface area (Å²) >= 11 is 3.35. The predicted octanol–water partition coefficient (Wildman–Crippen LogP) is 0.843. The van der Waals surface area contributed by atoms with Gasteiger partial charge in [0.25, 0.3) is 0 Å². The topological polar surface area (TPSA) is 39.1 Å². The van der Waals surface area contributed by atoms with E-state index >= 15 is 0 Å². The Bertz CT molecular complexity index is 294. The van der Waals surface area contributed by atoms with Gasteiger partial charge in [-0.05, 0) is 22.0 Å². The number of nitrogens with one attached hydrogen (secondary N) is 1. The molecule has 0 aliphatic carbocycles. The monoisotopic (exact) mass is 245 g/mol. The van der Waals surface area contributed by atoms with Crippen molar-refractivity contribution < 1.29 is 4.74 Å². The number of morpholine rings is 1. The van der Waals surface area contributed by atoms with Crippen molar-refractivity contribution in [2.75, 3.05) is 19.8 Å². The van der Waals surface area contributed by atoms with Crippen LogP contribution in [0.15, 0.2) is 10.7 Å². The minimum Gasteiger partial charge on any atom is -0.378 e. The van der Waals surface area contributed by atoms with E-state index in [2.05, 4.69) is 26.3 Å². The van der Waals surface area contributed by atoms with E-state index in [-0.39, 0.29) is 6.04 Å². The molecule has 1 aromatic heterocycles. The molecule has 1 N–H and O–H groups in total. The molecule has 0 radical (unpaired) electrons. The molecular formula is C8H12BrN3O. The first kappa shape index (κ1) is 9.18. The van der Waals surface area contributed by atoms with Gasteiger partial charge in [-0.25, -0.2) is 0 Å². The molecule has 5 heteroatoms. The molecule has 1 unspecified atom stereocenters. The summed E-state index contributed by atoms with van der Waals surface area (Å²) < 4.78 is 8.13. The molecule has 1 aromatic rings. The van der Waals surface area contributed by atoms with Gasteiger partial charge in [-0.2, -0.15) is 5.10 Å². The van der Waals surface area contributed by atoms with Gasteiger partial charge in [0.15, 0.2) is 0 Å². The third-order valence-corrected chi connectivity index (χ3v) is 2.55. The normalized spacial score (nSPS) is 23.4. The summed E-state index contributed by atoms with van der Waals surface area (Å²) in [6, 6.07) is 2.30. The van der Waals surface area contributed by atoms with E-state index in [1.165, 1.54) is 0 Å². The van der Waals surface area contributed by atoms with Gasteiger partial charge in [-0.3, -0.25) is 4.68 Å². The highest BCUT2D eigenvalue weighted by Gasteiger charge is 2.18. The molecular weight excluding hydrogens is 234 g/mol. The van der Waals surface area contributed by atoms with Crippen molar-refractivity contribution in [1.82, 2.24) is 15.1 Å². The Morgan fingerprint density at radius 1 is 1.77 bits per heavy atom. The van der Waals surface area contributed by atoms with Gasteiger partial charge in [0.1, 0.15) is 4.60 Å². The van der Waals surface area contributed by atoms with Crippen LogP contribution in [0, 0.1) is 0 Å². The summed E-state index contributed by atoms with van der Waals surface area (Å²) in [5.41, 5.74) is 1.16. The molecule has 1 saturated heterocycles. The lowest BCUT2D eigenvalue weighted by Crippen LogP contribution is -2.35. The number of aromatic nitrogens is 2. The highest BCUT2D eigenvalue weighted by molar-refractivity contribution is 9.10. The maximum Gasteiger partial charge on any atom is 0.128 e. The summed E-state index contributed by atoms with van der Waals surface area (Å²) in [4.78, 5) is 0. The van der Waals surface area contributed by atoms with Crippen LogP contribution < -0.4 is 5.32 Å². The Morgan fingerprint density at radius 2 is 2.62 bits per heavy atom. The van der Waals surface area contributed by atoms with Crippen LogP contribution >= 0.6 is 15.9 Å². The fourth-order valence-electron chi connectivity index (χ4n) is 1.53. The Morgan fingerprint density at radius 3 is 3.15 bits per heavy atom. The lowest BCUT2D eigenvalue weighted by atomic mass is 10.2. The number of hydrogen-bond donors (Lipinski definition) is 1. The van der Waals surface area contributed by atoms with Crippen LogP contribution in [0.25, 0.3) is 0 Å². The average molecular weight is 246 g/mol. The minimum atomic E-state index is 0.276. The van der Waals surface area contributed by atoms with Crippen LogP contribution in [0.4, 0.5) is 0 Å². The SMILES string of the molecule is Cn1nc(Br)cc1C1COCCN1.